The fraction of sp³-hybridized carbons (Fsp3) is 0.368. The predicted octanol–water partition coefficient (Wildman–Crippen LogP) is 2.28. The van der Waals surface area contributed by atoms with Crippen molar-refractivity contribution in [3.8, 4) is 17.5 Å². The molecule has 0 radical (unpaired) electrons. The van der Waals surface area contributed by atoms with E-state index in [9.17, 15) is 4.79 Å². The van der Waals surface area contributed by atoms with Gasteiger partial charge < -0.3 is 19.8 Å². The first-order valence-corrected chi connectivity index (χ1v) is 9.02. The van der Waals surface area contributed by atoms with Gasteiger partial charge in [-0.05, 0) is 18.9 Å². The van der Waals surface area contributed by atoms with Crippen LogP contribution in [-0.4, -0.2) is 49.5 Å². The zero-order chi connectivity index (χ0) is 18.8. The molecule has 1 aliphatic heterocycles. The van der Waals surface area contributed by atoms with Crippen LogP contribution < -0.4 is 5.32 Å². The van der Waals surface area contributed by atoms with E-state index >= 15 is 0 Å². The van der Waals surface area contributed by atoms with E-state index < -0.39 is 0 Å². The van der Waals surface area contributed by atoms with Gasteiger partial charge >= 0.3 is 0 Å². The molecule has 1 amide bonds. The van der Waals surface area contributed by atoms with Crippen molar-refractivity contribution in [2.45, 2.75) is 25.3 Å². The summed E-state index contributed by atoms with van der Waals surface area (Å²) < 4.78 is 1.96. The zero-order valence-electron chi connectivity index (χ0n) is 15.1. The van der Waals surface area contributed by atoms with Gasteiger partial charge in [0, 0.05) is 56.4 Å². The number of piperidine rings is 1. The summed E-state index contributed by atoms with van der Waals surface area (Å²) in [5.41, 5.74) is 2.70. The minimum absolute atomic E-state index is 0.0669. The Morgan fingerprint density at radius 1 is 1.48 bits per heavy atom. The normalized spacial score (nSPS) is 17.0. The van der Waals surface area contributed by atoms with Crippen molar-refractivity contribution in [2.24, 2.45) is 7.05 Å². The van der Waals surface area contributed by atoms with E-state index in [1.54, 1.807) is 11.1 Å². The molecule has 4 heterocycles. The lowest BCUT2D eigenvalue weighted by Crippen LogP contribution is -2.45. The molecular weight excluding hydrogens is 342 g/mol. The fourth-order valence-electron chi connectivity index (χ4n) is 3.66. The van der Waals surface area contributed by atoms with Crippen LogP contribution in [0.25, 0.3) is 22.4 Å². The summed E-state index contributed by atoms with van der Waals surface area (Å²) in [7, 11) is 1.95. The number of fused-ring (bicyclic) bond motifs is 1. The largest absolute Gasteiger partial charge is 0.379 e. The second kappa shape index (κ2) is 7.11. The van der Waals surface area contributed by atoms with E-state index in [2.05, 4.69) is 20.3 Å². The van der Waals surface area contributed by atoms with Crippen LogP contribution in [0.3, 0.4) is 0 Å². The third-order valence-electron chi connectivity index (χ3n) is 5.00. The standard InChI is InChI=1S/C19H21N7O/c1-25-10-8-22-19(25)15-11-23-18-14(5-7-21-18)17(15)24-13-3-2-9-26(12-13)16(27)4-6-20/h5,7-8,10-11,13H,2-4,9,12H2,1H3,(H2,21,23,24). The van der Waals surface area contributed by atoms with E-state index in [-0.39, 0.29) is 18.4 Å². The van der Waals surface area contributed by atoms with Gasteiger partial charge in [-0.25, -0.2) is 9.97 Å². The first kappa shape index (κ1) is 17.1. The number of hydrogen-bond acceptors (Lipinski definition) is 5. The van der Waals surface area contributed by atoms with Gasteiger partial charge in [0.15, 0.2) is 0 Å². The third kappa shape index (κ3) is 3.24. The summed E-state index contributed by atoms with van der Waals surface area (Å²) >= 11 is 0. The molecule has 1 atom stereocenters. The molecule has 0 aromatic carbocycles. The maximum Gasteiger partial charge on any atom is 0.236 e. The summed E-state index contributed by atoms with van der Waals surface area (Å²) in [5.74, 6) is 0.733. The van der Waals surface area contributed by atoms with E-state index in [0.29, 0.717) is 13.1 Å². The Kier molecular flexibility index (Phi) is 4.50. The molecule has 1 aliphatic rings. The van der Waals surface area contributed by atoms with Crippen LogP contribution in [0.15, 0.2) is 30.9 Å². The summed E-state index contributed by atoms with van der Waals surface area (Å²) in [4.78, 5) is 26.0. The van der Waals surface area contributed by atoms with Crippen LogP contribution in [0.2, 0.25) is 0 Å². The Morgan fingerprint density at radius 3 is 3.15 bits per heavy atom. The molecule has 3 aromatic rings. The van der Waals surface area contributed by atoms with Gasteiger partial charge in [-0.3, -0.25) is 4.79 Å². The molecule has 1 fully saturated rings. The number of aryl methyl sites for hydroxylation is 1. The highest BCUT2D eigenvalue weighted by Gasteiger charge is 2.25. The van der Waals surface area contributed by atoms with Crippen LogP contribution in [0, 0.1) is 11.3 Å². The quantitative estimate of drug-likeness (QED) is 0.740. The maximum absolute atomic E-state index is 12.1. The van der Waals surface area contributed by atoms with Gasteiger partial charge in [-0.2, -0.15) is 5.26 Å². The summed E-state index contributed by atoms with van der Waals surface area (Å²) in [6.45, 7) is 1.30. The monoisotopic (exact) mass is 363 g/mol. The number of aromatic nitrogens is 4. The third-order valence-corrected chi connectivity index (χ3v) is 5.00. The average Bonchev–Trinajstić information content (AvgIpc) is 3.31. The number of imidazole rings is 1. The van der Waals surface area contributed by atoms with Gasteiger partial charge in [0.2, 0.25) is 5.91 Å². The number of aromatic amines is 1. The molecule has 1 unspecified atom stereocenters. The number of carbonyl (C=O) groups is 1. The maximum atomic E-state index is 12.1. The Bertz CT molecular complexity index is 1010. The van der Waals surface area contributed by atoms with Crippen molar-refractivity contribution in [3.05, 3.63) is 30.9 Å². The summed E-state index contributed by atoms with van der Waals surface area (Å²) in [5, 5.41) is 13.4. The van der Waals surface area contributed by atoms with Crippen LogP contribution in [0.4, 0.5) is 5.69 Å². The number of nitrogens with zero attached hydrogens (tertiary/aromatic N) is 5. The SMILES string of the molecule is Cn1ccnc1-c1cnc2[nH]ccc2c1NC1CCCN(C(=O)CC#N)C1. The molecule has 1 saturated heterocycles. The molecule has 0 saturated carbocycles. The summed E-state index contributed by atoms with van der Waals surface area (Å²) in [6.07, 6.45) is 9.17. The number of hydrogen-bond donors (Lipinski definition) is 2. The summed E-state index contributed by atoms with van der Waals surface area (Å²) in [6, 6.07) is 4.06. The van der Waals surface area contributed by atoms with Gasteiger partial charge in [0.25, 0.3) is 0 Å². The molecule has 138 valence electrons. The molecule has 3 aromatic heterocycles. The molecular formula is C19H21N7O. The molecule has 0 bridgehead atoms. The zero-order valence-corrected chi connectivity index (χ0v) is 15.1. The number of carbonyl (C=O) groups excluding carboxylic acids is 1. The van der Waals surface area contributed by atoms with Crippen molar-refractivity contribution in [3.63, 3.8) is 0 Å². The smallest absolute Gasteiger partial charge is 0.236 e. The Morgan fingerprint density at radius 2 is 2.37 bits per heavy atom. The highest BCUT2D eigenvalue weighted by atomic mass is 16.2. The lowest BCUT2D eigenvalue weighted by Gasteiger charge is -2.33. The molecule has 8 heteroatoms. The van der Waals surface area contributed by atoms with Crippen molar-refractivity contribution in [1.29, 1.82) is 5.26 Å². The minimum atomic E-state index is -0.102. The van der Waals surface area contributed by atoms with Crippen LogP contribution >= 0.6 is 0 Å². The lowest BCUT2D eigenvalue weighted by atomic mass is 10.0. The second-order valence-corrected chi connectivity index (χ2v) is 6.81. The average molecular weight is 363 g/mol. The fourth-order valence-corrected chi connectivity index (χ4v) is 3.66. The lowest BCUT2D eigenvalue weighted by molar-refractivity contribution is -0.131. The number of H-pyrrole nitrogens is 1. The molecule has 27 heavy (non-hydrogen) atoms. The molecule has 0 spiro atoms. The van der Waals surface area contributed by atoms with Crippen molar-refractivity contribution in [1.82, 2.24) is 24.4 Å². The number of anilines is 1. The second-order valence-electron chi connectivity index (χ2n) is 6.81. The number of amides is 1. The van der Waals surface area contributed by atoms with E-state index in [1.165, 1.54) is 0 Å². The van der Waals surface area contributed by atoms with Crippen LogP contribution in [-0.2, 0) is 11.8 Å². The molecule has 4 rings (SSSR count). The highest BCUT2D eigenvalue weighted by Crippen LogP contribution is 2.33. The van der Waals surface area contributed by atoms with Crippen LogP contribution in [0.1, 0.15) is 19.3 Å². The van der Waals surface area contributed by atoms with Gasteiger partial charge in [-0.15, -0.1) is 0 Å². The molecule has 8 nitrogen and oxygen atoms in total. The van der Waals surface area contributed by atoms with Crippen molar-refractivity contribution >= 4 is 22.6 Å². The Labute approximate surface area is 156 Å². The Hall–Kier alpha value is -3.34. The van der Waals surface area contributed by atoms with Crippen molar-refractivity contribution in [2.75, 3.05) is 18.4 Å². The minimum Gasteiger partial charge on any atom is -0.379 e. The topological polar surface area (TPSA) is 103 Å². The first-order valence-electron chi connectivity index (χ1n) is 9.02. The van der Waals surface area contributed by atoms with E-state index in [4.69, 9.17) is 5.26 Å². The van der Waals surface area contributed by atoms with Crippen LogP contribution in [0.5, 0.6) is 0 Å². The van der Waals surface area contributed by atoms with E-state index in [0.717, 1.165) is 41.0 Å². The van der Waals surface area contributed by atoms with Crippen molar-refractivity contribution < 1.29 is 4.79 Å². The number of rotatable bonds is 4. The number of likely N-dealkylation sites (tertiary alicyclic amines) is 1. The number of nitriles is 1. The highest BCUT2D eigenvalue weighted by molar-refractivity contribution is 5.97. The van der Waals surface area contributed by atoms with Gasteiger partial charge in [0.1, 0.15) is 17.9 Å². The number of pyridine rings is 1. The van der Waals surface area contributed by atoms with Gasteiger partial charge in [-0.1, -0.05) is 0 Å². The molecule has 2 N–H and O–H groups in total. The van der Waals surface area contributed by atoms with Gasteiger partial charge in [0.05, 0.1) is 17.3 Å². The molecule has 0 aliphatic carbocycles. The Balaban J connectivity index is 1.67. The number of nitrogens with one attached hydrogen (secondary N) is 2. The predicted molar refractivity (Wildman–Crippen MR) is 102 cm³/mol. The van der Waals surface area contributed by atoms with E-state index in [1.807, 2.05) is 42.3 Å². The first-order chi connectivity index (χ1) is 13.2.